The summed E-state index contributed by atoms with van der Waals surface area (Å²) in [6.45, 7) is 2.83. The molecule has 2 aliphatic rings. The third kappa shape index (κ3) is 4.58. The fraction of sp³-hybridized carbons (Fsp3) is 0.385. The monoisotopic (exact) mass is 495 g/mol. The van der Waals surface area contributed by atoms with Crippen molar-refractivity contribution >= 4 is 38.1 Å². The maximum atomic E-state index is 13.5. The lowest BCUT2D eigenvalue weighted by molar-refractivity contribution is -0.142. The Hall–Kier alpha value is -3.17. The van der Waals surface area contributed by atoms with Crippen LogP contribution in [-0.2, 0) is 19.4 Å². The van der Waals surface area contributed by atoms with Crippen molar-refractivity contribution in [1.82, 2.24) is 4.98 Å². The minimum atomic E-state index is -3.76. The van der Waals surface area contributed by atoms with Gasteiger partial charge in [0, 0.05) is 50.6 Å². The highest BCUT2D eigenvalue weighted by atomic mass is 32.2. The quantitative estimate of drug-likeness (QED) is 0.554. The normalized spacial score (nSPS) is 19.4. The molecule has 0 spiro atoms. The molecule has 5 rings (SSSR count). The summed E-state index contributed by atoms with van der Waals surface area (Å²) in [5, 5.41) is 10.0. The van der Waals surface area contributed by atoms with E-state index in [-0.39, 0.29) is 21.8 Å². The van der Waals surface area contributed by atoms with E-state index in [9.17, 15) is 18.3 Å². The summed E-state index contributed by atoms with van der Waals surface area (Å²) in [5.74, 6) is -1.06. The number of rotatable bonds is 6. The molecule has 1 atom stereocenters. The fourth-order valence-electron chi connectivity index (χ4n) is 5.03. The summed E-state index contributed by atoms with van der Waals surface area (Å²) >= 11 is 0. The van der Waals surface area contributed by atoms with Gasteiger partial charge in [0.05, 0.1) is 33.0 Å². The summed E-state index contributed by atoms with van der Waals surface area (Å²) in [6.07, 6.45) is 3.66. The number of aliphatic carboxylic acids is 1. The Morgan fingerprint density at radius 3 is 2.46 bits per heavy atom. The number of aromatic nitrogens is 1. The molecule has 2 saturated heterocycles. The molecule has 0 amide bonds. The maximum absolute atomic E-state index is 13.5. The van der Waals surface area contributed by atoms with E-state index in [2.05, 4.69) is 14.8 Å². The predicted molar refractivity (Wildman–Crippen MR) is 134 cm³/mol. The first-order valence-corrected chi connectivity index (χ1v) is 13.3. The van der Waals surface area contributed by atoms with E-state index in [4.69, 9.17) is 4.74 Å². The standard InChI is InChI=1S/C26H29N3O5S/c1-34-21-10-13-29(17-21)20-5-3-6-22(15-20)35(32,33)23-14-19-4-2-7-24(25(19)27-16-23)28-11-8-18(9-12-28)26(30)31/h2-7,14-16,18,21H,8-13,17H2,1H3,(H,30,31). The number of benzene rings is 2. The number of sulfone groups is 1. The number of carbonyl (C=O) groups is 1. The van der Waals surface area contributed by atoms with Gasteiger partial charge in [0.15, 0.2) is 0 Å². The summed E-state index contributed by atoms with van der Waals surface area (Å²) < 4.78 is 32.4. The van der Waals surface area contributed by atoms with Crippen LogP contribution >= 0.6 is 0 Å². The summed E-state index contributed by atoms with van der Waals surface area (Å²) in [7, 11) is -2.06. The largest absolute Gasteiger partial charge is 0.481 e. The molecule has 0 bridgehead atoms. The Labute approximate surface area is 205 Å². The van der Waals surface area contributed by atoms with Crippen LogP contribution in [-0.4, -0.2) is 63.9 Å². The summed E-state index contributed by atoms with van der Waals surface area (Å²) in [5.41, 5.74) is 2.49. The van der Waals surface area contributed by atoms with Crippen LogP contribution in [0.25, 0.3) is 10.9 Å². The van der Waals surface area contributed by atoms with Crippen molar-refractivity contribution in [3.63, 3.8) is 0 Å². The van der Waals surface area contributed by atoms with E-state index in [0.717, 1.165) is 41.8 Å². The number of piperidine rings is 1. The Kier molecular flexibility index (Phi) is 6.37. The average Bonchev–Trinajstić information content (AvgIpc) is 3.38. The van der Waals surface area contributed by atoms with E-state index >= 15 is 0 Å². The molecule has 0 saturated carbocycles. The first kappa shape index (κ1) is 23.6. The lowest BCUT2D eigenvalue weighted by atomic mass is 9.96. The molecule has 3 aromatic rings. The minimum Gasteiger partial charge on any atom is -0.481 e. The van der Waals surface area contributed by atoms with E-state index in [1.165, 1.54) is 6.20 Å². The van der Waals surface area contributed by atoms with Crippen LogP contribution in [0.1, 0.15) is 19.3 Å². The van der Waals surface area contributed by atoms with Gasteiger partial charge in [-0.3, -0.25) is 9.78 Å². The minimum absolute atomic E-state index is 0.153. The van der Waals surface area contributed by atoms with Gasteiger partial charge in [0.2, 0.25) is 9.84 Å². The zero-order valence-electron chi connectivity index (χ0n) is 19.6. The highest BCUT2D eigenvalue weighted by molar-refractivity contribution is 7.91. The number of hydrogen-bond acceptors (Lipinski definition) is 7. The molecule has 1 unspecified atom stereocenters. The third-order valence-corrected chi connectivity index (χ3v) is 8.85. The van der Waals surface area contributed by atoms with Crippen LogP contribution in [0, 0.1) is 5.92 Å². The fourth-order valence-corrected chi connectivity index (χ4v) is 6.31. The molecule has 2 aliphatic heterocycles. The highest BCUT2D eigenvalue weighted by Gasteiger charge is 2.27. The van der Waals surface area contributed by atoms with Crippen molar-refractivity contribution in [3.8, 4) is 0 Å². The summed E-state index contributed by atoms with van der Waals surface area (Å²) in [6, 6.07) is 14.4. The van der Waals surface area contributed by atoms with Gasteiger partial charge in [-0.15, -0.1) is 0 Å². The summed E-state index contributed by atoms with van der Waals surface area (Å²) in [4.78, 5) is 20.5. The first-order valence-electron chi connectivity index (χ1n) is 11.9. The lowest BCUT2D eigenvalue weighted by Crippen LogP contribution is -2.36. The zero-order valence-corrected chi connectivity index (χ0v) is 20.4. The van der Waals surface area contributed by atoms with E-state index in [1.54, 1.807) is 31.4 Å². The Morgan fingerprint density at radius 2 is 1.74 bits per heavy atom. The van der Waals surface area contributed by atoms with Gasteiger partial charge in [-0.05, 0) is 49.6 Å². The van der Waals surface area contributed by atoms with Crippen LogP contribution in [0.15, 0.2) is 64.5 Å². The number of carboxylic acid groups (broad SMARTS) is 1. The van der Waals surface area contributed by atoms with E-state index in [1.807, 2.05) is 24.3 Å². The van der Waals surface area contributed by atoms with Gasteiger partial charge in [-0.25, -0.2) is 8.42 Å². The van der Waals surface area contributed by atoms with Gasteiger partial charge in [0.1, 0.15) is 0 Å². The van der Waals surface area contributed by atoms with Gasteiger partial charge in [0.25, 0.3) is 0 Å². The number of nitrogens with zero attached hydrogens (tertiary/aromatic N) is 3. The molecule has 0 radical (unpaired) electrons. The number of carboxylic acids is 1. The molecule has 35 heavy (non-hydrogen) atoms. The van der Waals surface area contributed by atoms with E-state index in [0.29, 0.717) is 25.9 Å². The highest BCUT2D eigenvalue weighted by Crippen LogP contribution is 2.32. The van der Waals surface area contributed by atoms with Crippen molar-refractivity contribution in [3.05, 3.63) is 54.7 Å². The number of anilines is 2. The zero-order chi connectivity index (χ0) is 24.6. The Balaban J connectivity index is 1.43. The third-order valence-electron chi connectivity index (χ3n) is 7.13. The predicted octanol–water partition coefficient (Wildman–Crippen LogP) is 3.59. The molecule has 3 heterocycles. The molecule has 9 heteroatoms. The number of pyridine rings is 1. The van der Waals surface area contributed by atoms with Gasteiger partial charge >= 0.3 is 5.97 Å². The van der Waals surface area contributed by atoms with Crippen molar-refractivity contribution in [2.75, 3.05) is 43.1 Å². The number of ether oxygens (including phenoxy) is 1. The Bertz CT molecular complexity index is 1350. The first-order chi connectivity index (χ1) is 16.9. The second-order valence-electron chi connectivity index (χ2n) is 9.21. The average molecular weight is 496 g/mol. The van der Waals surface area contributed by atoms with Crippen LogP contribution in [0.2, 0.25) is 0 Å². The number of hydrogen-bond donors (Lipinski definition) is 1. The molecular weight excluding hydrogens is 466 g/mol. The van der Waals surface area contributed by atoms with Crippen molar-refractivity contribution in [2.45, 2.75) is 35.2 Å². The van der Waals surface area contributed by atoms with Crippen molar-refractivity contribution in [1.29, 1.82) is 0 Å². The van der Waals surface area contributed by atoms with Gasteiger partial charge in [-0.2, -0.15) is 0 Å². The molecule has 184 valence electrons. The molecule has 1 N–H and O–H groups in total. The smallest absolute Gasteiger partial charge is 0.306 e. The lowest BCUT2D eigenvalue weighted by Gasteiger charge is -2.32. The topological polar surface area (TPSA) is 100 Å². The van der Waals surface area contributed by atoms with Crippen LogP contribution in [0.3, 0.4) is 0 Å². The molecule has 0 aliphatic carbocycles. The van der Waals surface area contributed by atoms with Crippen LogP contribution < -0.4 is 9.80 Å². The van der Waals surface area contributed by atoms with E-state index < -0.39 is 15.8 Å². The van der Waals surface area contributed by atoms with Crippen LogP contribution in [0.5, 0.6) is 0 Å². The second-order valence-corrected chi connectivity index (χ2v) is 11.2. The number of para-hydroxylation sites is 1. The SMILES string of the molecule is COC1CCN(c2cccc(S(=O)(=O)c3cnc4c(N5CCC(C(=O)O)CC5)cccc4c3)c2)C1. The second kappa shape index (κ2) is 9.47. The molecule has 2 fully saturated rings. The maximum Gasteiger partial charge on any atom is 0.306 e. The number of methoxy groups -OCH3 is 1. The Morgan fingerprint density at radius 1 is 1.00 bits per heavy atom. The van der Waals surface area contributed by atoms with Gasteiger partial charge in [-0.1, -0.05) is 18.2 Å². The molecular formula is C26H29N3O5S. The molecule has 2 aromatic carbocycles. The molecule has 1 aromatic heterocycles. The number of fused-ring (bicyclic) bond motifs is 1. The van der Waals surface area contributed by atoms with Gasteiger partial charge < -0.3 is 19.6 Å². The van der Waals surface area contributed by atoms with Crippen LogP contribution in [0.4, 0.5) is 11.4 Å². The van der Waals surface area contributed by atoms with Crippen molar-refractivity contribution in [2.24, 2.45) is 5.92 Å². The molecule has 8 nitrogen and oxygen atoms in total. The van der Waals surface area contributed by atoms with Crippen molar-refractivity contribution < 1.29 is 23.1 Å².